The van der Waals surface area contributed by atoms with Crippen LogP contribution < -0.4 is 11.5 Å². The molecule has 0 spiro atoms. The standard InChI is InChI=1S/C13H18N6/c14-11-10-12(17-6-16-11)19(7-18-10)5-13(15)4-8-1-2-9(13)3-8/h6-9H,1-5,15H2,(H2,14,16,17). The molecule has 0 amide bonds. The molecule has 2 heterocycles. The SMILES string of the molecule is Nc1ncnc2c1ncn2CC1(N)CC2CCC1C2. The topological polar surface area (TPSA) is 95.6 Å². The van der Waals surface area contributed by atoms with Gasteiger partial charge in [-0.1, -0.05) is 6.42 Å². The fourth-order valence-electron chi connectivity index (χ4n) is 4.01. The van der Waals surface area contributed by atoms with Gasteiger partial charge in [0.2, 0.25) is 0 Å². The van der Waals surface area contributed by atoms with Crippen molar-refractivity contribution in [1.29, 1.82) is 0 Å². The highest BCUT2D eigenvalue weighted by Gasteiger charge is 2.48. The van der Waals surface area contributed by atoms with Crippen molar-refractivity contribution in [2.75, 3.05) is 5.73 Å². The van der Waals surface area contributed by atoms with Crippen LogP contribution in [0.15, 0.2) is 12.7 Å². The van der Waals surface area contributed by atoms with Crippen LogP contribution in [0.25, 0.3) is 11.2 Å². The van der Waals surface area contributed by atoms with Gasteiger partial charge in [0, 0.05) is 12.1 Å². The van der Waals surface area contributed by atoms with Gasteiger partial charge in [0.15, 0.2) is 11.5 Å². The molecule has 100 valence electrons. The Morgan fingerprint density at radius 3 is 2.95 bits per heavy atom. The summed E-state index contributed by atoms with van der Waals surface area (Å²) in [7, 11) is 0. The van der Waals surface area contributed by atoms with Gasteiger partial charge < -0.3 is 16.0 Å². The van der Waals surface area contributed by atoms with Crippen LogP contribution in [0, 0.1) is 11.8 Å². The van der Waals surface area contributed by atoms with Crippen LogP contribution >= 0.6 is 0 Å². The molecule has 2 aliphatic carbocycles. The number of nitrogens with zero attached hydrogens (tertiary/aromatic N) is 4. The minimum Gasteiger partial charge on any atom is -0.382 e. The van der Waals surface area contributed by atoms with Gasteiger partial charge in [-0.05, 0) is 31.1 Å². The van der Waals surface area contributed by atoms with Gasteiger partial charge in [-0.3, -0.25) is 0 Å². The predicted molar refractivity (Wildman–Crippen MR) is 72.1 cm³/mol. The lowest BCUT2D eigenvalue weighted by Crippen LogP contribution is -2.48. The number of fused-ring (bicyclic) bond motifs is 3. The van der Waals surface area contributed by atoms with Gasteiger partial charge in [0.05, 0.1) is 6.33 Å². The third-order valence-electron chi connectivity index (χ3n) is 4.92. The van der Waals surface area contributed by atoms with Gasteiger partial charge in [-0.25, -0.2) is 15.0 Å². The zero-order valence-electron chi connectivity index (χ0n) is 10.8. The molecule has 6 nitrogen and oxygen atoms in total. The van der Waals surface area contributed by atoms with E-state index < -0.39 is 0 Å². The number of hydrogen-bond donors (Lipinski definition) is 2. The van der Waals surface area contributed by atoms with Crippen molar-refractivity contribution in [3.63, 3.8) is 0 Å². The molecule has 2 aromatic heterocycles. The molecule has 4 N–H and O–H groups in total. The Balaban J connectivity index is 1.70. The lowest BCUT2D eigenvalue weighted by atomic mass is 9.82. The first-order valence-electron chi connectivity index (χ1n) is 6.86. The van der Waals surface area contributed by atoms with Gasteiger partial charge in [-0.15, -0.1) is 0 Å². The first kappa shape index (κ1) is 11.2. The number of rotatable bonds is 2. The van der Waals surface area contributed by atoms with Crippen molar-refractivity contribution in [2.45, 2.75) is 37.8 Å². The molecule has 6 heteroatoms. The molecule has 0 saturated heterocycles. The second-order valence-electron chi connectivity index (χ2n) is 6.12. The number of aromatic nitrogens is 4. The average Bonchev–Trinajstić information content (AvgIpc) is 3.05. The van der Waals surface area contributed by atoms with E-state index in [4.69, 9.17) is 11.5 Å². The quantitative estimate of drug-likeness (QED) is 0.835. The molecule has 19 heavy (non-hydrogen) atoms. The summed E-state index contributed by atoms with van der Waals surface area (Å²) in [5.41, 5.74) is 13.8. The molecule has 3 unspecified atom stereocenters. The fraction of sp³-hybridized carbons (Fsp3) is 0.615. The molecule has 2 aromatic rings. The van der Waals surface area contributed by atoms with Crippen LogP contribution in [0.4, 0.5) is 5.82 Å². The summed E-state index contributed by atoms with van der Waals surface area (Å²) in [6, 6.07) is 0. The van der Waals surface area contributed by atoms with Gasteiger partial charge in [0.25, 0.3) is 0 Å². The summed E-state index contributed by atoms with van der Waals surface area (Å²) in [5, 5.41) is 0. The number of hydrogen-bond acceptors (Lipinski definition) is 5. The van der Waals surface area contributed by atoms with Crippen molar-refractivity contribution in [1.82, 2.24) is 19.5 Å². The molecule has 2 aliphatic rings. The van der Waals surface area contributed by atoms with E-state index in [2.05, 4.69) is 15.0 Å². The lowest BCUT2D eigenvalue weighted by molar-refractivity contribution is 0.239. The lowest BCUT2D eigenvalue weighted by Gasteiger charge is -2.34. The molecular formula is C13H18N6. The van der Waals surface area contributed by atoms with E-state index in [1.807, 2.05) is 4.57 Å². The van der Waals surface area contributed by atoms with Crippen LogP contribution in [-0.2, 0) is 6.54 Å². The first-order chi connectivity index (χ1) is 9.16. The summed E-state index contributed by atoms with van der Waals surface area (Å²) in [5.74, 6) is 1.90. The maximum Gasteiger partial charge on any atom is 0.165 e. The van der Waals surface area contributed by atoms with E-state index in [1.165, 1.54) is 25.6 Å². The Kier molecular flexibility index (Phi) is 2.15. The van der Waals surface area contributed by atoms with E-state index in [9.17, 15) is 0 Å². The van der Waals surface area contributed by atoms with Crippen LogP contribution in [0.1, 0.15) is 25.7 Å². The molecule has 4 rings (SSSR count). The van der Waals surface area contributed by atoms with Gasteiger partial charge in [0.1, 0.15) is 11.8 Å². The number of imidazole rings is 1. The summed E-state index contributed by atoms with van der Waals surface area (Å²) in [6.07, 6.45) is 8.31. The summed E-state index contributed by atoms with van der Waals surface area (Å²) < 4.78 is 2.04. The Morgan fingerprint density at radius 2 is 2.21 bits per heavy atom. The predicted octanol–water partition coefficient (Wildman–Crippen LogP) is 0.926. The van der Waals surface area contributed by atoms with Gasteiger partial charge in [-0.2, -0.15) is 0 Å². The molecule has 3 atom stereocenters. The summed E-state index contributed by atoms with van der Waals surface area (Å²) >= 11 is 0. The third kappa shape index (κ3) is 1.56. The number of nitrogen functional groups attached to an aromatic ring is 1. The molecule has 0 radical (unpaired) electrons. The van der Waals surface area contributed by atoms with Crippen molar-refractivity contribution in [3.8, 4) is 0 Å². The Bertz CT molecular complexity index is 635. The molecule has 2 fully saturated rings. The van der Waals surface area contributed by atoms with Crippen molar-refractivity contribution < 1.29 is 0 Å². The van der Waals surface area contributed by atoms with E-state index in [1.54, 1.807) is 6.33 Å². The first-order valence-corrected chi connectivity index (χ1v) is 6.86. The van der Waals surface area contributed by atoms with Crippen molar-refractivity contribution in [3.05, 3.63) is 12.7 Å². The number of nitrogens with two attached hydrogens (primary N) is 2. The van der Waals surface area contributed by atoms with Gasteiger partial charge >= 0.3 is 0 Å². The van der Waals surface area contributed by atoms with E-state index in [0.29, 0.717) is 17.3 Å². The highest BCUT2D eigenvalue weighted by atomic mass is 15.1. The Hall–Kier alpha value is -1.69. The molecular weight excluding hydrogens is 240 g/mol. The Morgan fingerprint density at radius 1 is 1.32 bits per heavy atom. The normalized spacial score (nSPS) is 33.3. The summed E-state index contributed by atoms with van der Waals surface area (Å²) in [6.45, 7) is 0.779. The largest absolute Gasteiger partial charge is 0.382 e. The van der Waals surface area contributed by atoms with E-state index >= 15 is 0 Å². The van der Waals surface area contributed by atoms with Crippen molar-refractivity contribution >= 4 is 17.0 Å². The van der Waals surface area contributed by atoms with E-state index in [0.717, 1.165) is 24.5 Å². The second kappa shape index (κ2) is 3.66. The van der Waals surface area contributed by atoms with Crippen LogP contribution in [0.5, 0.6) is 0 Å². The smallest absolute Gasteiger partial charge is 0.165 e. The Labute approximate surface area is 111 Å². The monoisotopic (exact) mass is 258 g/mol. The highest BCUT2D eigenvalue weighted by molar-refractivity contribution is 5.81. The molecule has 0 aliphatic heterocycles. The van der Waals surface area contributed by atoms with Crippen LogP contribution in [0.3, 0.4) is 0 Å². The van der Waals surface area contributed by atoms with Crippen LogP contribution in [-0.4, -0.2) is 25.1 Å². The fourth-order valence-corrected chi connectivity index (χ4v) is 4.01. The minimum atomic E-state index is -0.101. The average molecular weight is 258 g/mol. The summed E-state index contributed by atoms with van der Waals surface area (Å²) in [4.78, 5) is 12.6. The van der Waals surface area contributed by atoms with Crippen molar-refractivity contribution in [2.24, 2.45) is 17.6 Å². The van der Waals surface area contributed by atoms with E-state index in [-0.39, 0.29) is 5.54 Å². The molecule has 0 aromatic carbocycles. The minimum absolute atomic E-state index is 0.101. The van der Waals surface area contributed by atoms with Crippen LogP contribution in [0.2, 0.25) is 0 Å². The molecule has 2 saturated carbocycles. The maximum absolute atomic E-state index is 6.64. The highest BCUT2D eigenvalue weighted by Crippen LogP contribution is 2.50. The zero-order chi connectivity index (χ0) is 13.0. The number of anilines is 1. The third-order valence-corrected chi connectivity index (χ3v) is 4.92. The second-order valence-corrected chi connectivity index (χ2v) is 6.12. The maximum atomic E-state index is 6.64. The zero-order valence-corrected chi connectivity index (χ0v) is 10.8. The molecule has 2 bridgehead atoms.